The van der Waals surface area contributed by atoms with Crippen LogP contribution in [0, 0.1) is 0 Å². The minimum Gasteiger partial charge on any atom is -0.369 e. The van der Waals surface area contributed by atoms with Crippen LogP contribution < -0.4 is 0 Å². The molecule has 3 aromatic rings. The Kier molecular flexibility index (Phi) is 6.52. The van der Waals surface area contributed by atoms with Crippen LogP contribution in [-0.4, -0.2) is 59.0 Å². The molecule has 34 heavy (non-hydrogen) atoms. The van der Waals surface area contributed by atoms with Gasteiger partial charge in [0.2, 0.25) is 5.82 Å². The van der Waals surface area contributed by atoms with Crippen molar-refractivity contribution >= 4 is 16.9 Å². The van der Waals surface area contributed by atoms with Gasteiger partial charge in [-0.25, -0.2) is 22.5 Å². The minimum atomic E-state index is -4.93. The second-order valence-electron chi connectivity index (χ2n) is 7.68. The number of hydrogen-bond acceptors (Lipinski definition) is 3. The molecule has 1 amide bonds. The van der Waals surface area contributed by atoms with Crippen molar-refractivity contribution in [3.05, 3.63) is 53.9 Å². The van der Waals surface area contributed by atoms with Crippen LogP contribution in [0.3, 0.4) is 0 Å². The summed E-state index contributed by atoms with van der Waals surface area (Å²) in [6.45, 7) is -1.31. The minimum absolute atomic E-state index is 0.0242. The molecule has 2 heterocycles. The van der Waals surface area contributed by atoms with Gasteiger partial charge in [-0.15, -0.1) is 0 Å². The van der Waals surface area contributed by atoms with Gasteiger partial charge in [0.25, 0.3) is 18.8 Å². The third-order valence-corrected chi connectivity index (χ3v) is 5.46. The first-order chi connectivity index (χ1) is 16.1. The van der Waals surface area contributed by atoms with Crippen LogP contribution in [0.25, 0.3) is 22.2 Å². The van der Waals surface area contributed by atoms with Crippen LogP contribution in [-0.2, 0) is 17.5 Å². The van der Waals surface area contributed by atoms with E-state index < -0.39 is 43.4 Å². The summed E-state index contributed by atoms with van der Waals surface area (Å²) < 4.78 is 97.5. The van der Waals surface area contributed by atoms with Crippen LogP contribution in [0.2, 0.25) is 0 Å². The largest absolute Gasteiger partial charge is 0.449 e. The summed E-state index contributed by atoms with van der Waals surface area (Å²) >= 11 is 0. The number of para-hydroxylation sites is 1. The number of morpholine rings is 1. The highest BCUT2D eigenvalue weighted by Crippen LogP contribution is 2.36. The molecule has 1 atom stereocenters. The van der Waals surface area contributed by atoms with Gasteiger partial charge in [0.05, 0.1) is 30.7 Å². The van der Waals surface area contributed by atoms with E-state index in [1.165, 1.54) is 47.4 Å². The summed E-state index contributed by atoms with van der Waals surface area (Å²) in [6.07, 6.45) is -12.1. The lowest BCUT2D eigenvalue weighted by atomic mass is 10.0. The first-order valence-corrected chi connectivity index (χ1v) is 10.2. The van der Waals surface area contributed by atoms with Gasteiger partial charge >= 0.3 is 6.18 Å². The number of benzene rings is 2. The van der Waals surface area contributed by atoms with E-state index in [1.54, 1.807) is 0 Å². The van der Waals surface area contributed by atoms with Crippen molar-refractivity contribution in [2.75, 3.05) is 19.7 Å². The second kappa shape index (κ2) is 9.24. The number of aromatic nitrogens is 2. The smallest absolute Gasteiger partial charge is 0.369 e. The fourth-order valence-corrected chi connectivity index (χ4v) is 3.91. The average molecular weight is 489 g/mol. The van der Waals surface area contributed by atoms with E-state index >= 15 is 0 Å². The third kappa shape index (κ3) is 4.72. The molecule has 1 aliphatic rings. The van der Waals surface area contributed by atoms with E-state index in [4.69, 9.17) is 4.74 Å². The summed E-state index contributed by atoms with van der Waals surface area (Å²) in [7, 11) is 0. The summed E-state index contributed by atoms with van der Waals surface area (Å²) in [6, 6.07) is 10.00. The molecule has 2 aromatic carbocycles. The van der Waals surface area contributed by atoms with Crippen LogP contribution in [0.5, 0.6) is 0 Å². The number of hydrogen-bond donors (Lipinski definition) is 0. The van der Waals surface area contributed by atoms with Gasteiger partial charge in [-0.3, -0.25) is 4.79 Å². The second-order valence-corrected chi connectivity index (χ2v) is 7.68. The van der Waals surface area contributed by atoms with Gasteiger partial charge in [0.1, 0.15) is 6.10 Å². The van der Waals surface area contributed by atoms with E-state index in [0.29, 0.717) is 10.1 Å². The molecular formula is C22H18F7N3O2. The standard InChI is InChI=1S/C22H18F7N3O2/c23-17(24)11-32-15-3-1-2-14(18(15)30-21(32)22(27,28)29)12-4-6-13(7-5-12)20(33)31-8-9-34-16(10-31)19(25)26/h1-7,16-17,19H,8-11H2. The predicted octanol–water partition coefficient (Wildman–Crippen LogP) is 5.09. The average Bonchev–Trinajstić information content (AvgIpc) is 3.17. The molecule has 0 aliphatic carbocycles. The Bertz CT molecular complexity index is 1180. The van der Waals surface area contributed by atoms with Crippen LogP contribution >= 0.6 is 0 Å². The lowest BCUT2D eigenvalue weighted by Gasteiger charge is -2.32. The van der Waals surface area contributed by atoms with Crippen molar-refractivity contribution in [3.8, 4) is 11.1 Å². The first kappa shape index (κ1) is 24.0. The molecule has 0 radical (unpaired) electrons. The highest BCUT2D eigenvalue weighted by atomic mass is 19.4. The van der Waals surface area contributed by atoms with E-state index in [9.17, 15) is 35.5 Å². The van der Waals surface area contributed by atoms with Crippen molar-refractivity contribution < 1.29 is 40.3 Å². The van der Waals surface area contributed by atoms with Crippen molar-refractivity contribution in [2.24, 2.45) is 0 Å². The maximum absolute atomic E-state index is 13.4. The Morgan fingerprint density at radius 1 is 1.09 bits per heavy atom. The van der Waals surface area contributed by atoms with Gasteiger partial charge in [-0.1, -0.05) is 24.3 Å². The molecule has 0 spiro atoms. The normalized spacial score (nSPS) is 17.2. The molecule has 1 saturated heterocycles. The zero-order chi connectivity index (χ0) is 24.6. The summed E-state index contributed by atoms with van der Waals surface area (Å²) in [4.78, 5) is 17.6. The van der Waals surface area contributed by atoms with Gasteiger partial charge in [0.15, 0.2) is 0 Å². The first-order valence-electron chi connectivity index (χ1n) is 10.2. The van der Waals surface area contributed by atoms with E-state index in [2.05, 4.69) is 4.98 Å². The Morgan fingerprint density at radius 3 is 2.41 bits per heavy atom. The number of carbonyl (C=O) groups is 1. The van der Waals surface area contributed by atoms with Gasteiger partial charge < -0.3 is 14.2 Å². The van der Waals surface area contributed by atoms with Crippen molar-refractivity contribution in [2.45, 2.75) is 31.7 Å². The Labute approximate surface area is 188 Å². The van der Waals surface area contributed by atoms with E-state index in [0.717, 1.165) is 0 Å². The Balaban J connectivity index is 1.66. The number of rotatable bonds is 5. The quantitative estimate of drug-likeness (QED) is 0.469. The number of imidazole rings is 1. The lowest BCUT2D eigenvalue weighted by molar-refractivity contribution is -0.147. The molecule has 182 valence electrons. The van der Waals surface area contributed by atoms with Crippen LogP contribution in [0.1, 0.15) is 16.2 Å². The van der Waals surface area contributed by atoms with Crippen molar-refractivity contribution in [3.63, 3.8) is 0 Å². The van der Waals surface area contributed by atoms with Gasteiger partial charge in [-0.05, 0) is 23.8 Å². The maximum Gasteiger partial charge on any atom is 0.449 e. The van der Waals surface area contributed by atoms with Crippen molar-refractivity contribution in [1.82, 2.24) is 14.5 Å². The van der Waals surface area contributed by atoms with Crippen molar-refractivity contribution in [1.29, 1.82) is 0 Å². The molecule has 0 bridgehead atoms. The SMILES string of the molecule is O=C(c1ccc(-c2cccc3c2nc(C(F)(F)F)n3CC(F)F)cc1)N1CCOC(C(F)F)C1. The maximum atomic E-state index is 13.4. The molecule has 0 N–H and O–H groups in total. The fraction of sp³-hybridized carbons (Fsp3) is 0.364. The van der Waals surface area contributed by atoms with Gasteiger partial charge in [0, 0.05) is 17.7 Å². The number of halogens is 7. The highest BCUT2D eigenvalue weighted by molar-refractivity contribution is 5.96. The van der Waals surface area contributed by atoms with Crippen LogP contribution in [0.4, 0.5) is 30.7 Å². The zero-order valence-electron chi connectivity index (χ0n) is 17.4. The molecule has 12 heteroatoms. The number of carbonyl (C=O) groups excluding carboxylic acids is 1. The topological polar surface area (TPSA) is 47.4 Å². The Morgan fingerprint density at radius 2 is 1.79 bits per heavy atom. The van der Waals surface area contributed by atoms with E-state index in [1.807, 2.05) is 0 Å². The number of fused-ring (bicyclic) bond motifs is 1. The van der Waals surface area contributed by atoms with Crippen LogP contribution in [0.15, 0.2) is 42.5 Å². The summed E-state index contributed by atoms with van der Waals surface area (Å²) in [5.74, 6) is -1.91. The number of nitrogens with zero attached hydrogens (tertiary/aromatic N) is 3. The highest BCUT2D eigenvalue weighted by Gasteiger charge is 2.38. The number of alkyl halides is 7. The van der Waals surface area contributed by atoms with E-state index in [-0.39, 0.29) is 41.9 Å². The molecular weight excluding hydrogens is 471 g/mol. The molecule has 1 unspecified atom stereocenters. The molecule has 4 rings (SSSR count). The number of ether oxygens (including phenoxy) is 1. The molecule has 0 saturated carbocycles. The lowest BCUT2D eigenvalue weighted by Crippen LogP contribution is -2.48. The molecule has 1 aliphatic heterocycles. The predicted molar refractivity (Wildman–Crippen MR) is 108 cm³/mol. The molecule has 5 nitrogen and oxygen atoms in total. The van der Waals surface area contributed by atoms with Gasteiger partial charge in [-0.2, -0.15) is 13.2 Å². The Hall–Kier alpha value is -3.15. The monoisotopic (exact) mass is 489 g/mol. The third-order valence-electron chi connectivity index (χ3n) is 5.46. The zero-order valence-corrected chi connectivity index (χ0v) is 17.4. The fourth-order valence-electron chi connectivity index (χ4n) is 3.91. The molecule has 1 aromatic heterocycles. The molecule has 1 fully saturated rings. The summed E-state index contributed by atoms with van der Waals surface area (Å²) in [5, 5.41) is 0. The number of amides is 1. The summed E-state index contributed by atoms with van der Waals surface area (Å²) in [5.41, 5.74) is 0.661.